The third kappa shape index (κ3) is 4.07. The summed E-state index contributed by atoms with van der Waals surface area (Å²) in [7, 11) is 0. The third-order valence-electron chi connectivity index (χ3n) is 5.47. The van der Waals surface area contributed by atoms with Crippen molar-refractivity contribution in [3.8, 4) is 0 Å². The SMILES string of the molecule is c1ccc2nc(N3CCCC(Nc4ccnc(N5CCOCC5)n4)C3)cnc2c1. The zero-order valence-corrected chi connectivity index (χ0v) is 16.4. The lowest BCUT2D eigenvalue weighted by atomic mass is 10.1. The third-order valence-corrected chi connectivity index (χ3v) is 5.47. The van der Waals surface area contributed by atoms with Gasteiger partial charge in [0.2, 0.25) is 5.95 Å². The molecule has 0 aliphatic carbocycles. The number of nitrogens with zero attached hydrogens (tertiary/aromatic N) is 6. The Morgan fingerprint density at radius 2 is 1.79 bits per heavy atom. The predicted molar refractivity (Wildman–Crippen MR) is 113 cm³/mol. The van der Waals surface area contributed by atoms with Gasteiger partial charge in [0.15, 0.2) is 0 Å². The first-order valence-electron chi connectivity index (χ1n) is 10.2. The van der Waals surface area contributed by atoms with Gasteiger partial charge in [-0.25, -0.2) is 9.97 Å². The minimum atomic E-state index is 0.310. The average molecular weight is 391 g/mol. The van der Waals surface area contributed by atoms with E-state index in [0.29, 0.717) is 6.04 Å². The number of hydrogen-bond acceptors (Lipinski definition) is 8. The van der Waals surface area contributed by atoms with E-state index in [1.54, 1.807) is 0 Å². The zero-order chi connectivity index (χ0) is 19.5. The molecule has 1 atom stereocenters. The fraction of sp³-hybridized carbons (Fsp3) is 0.429. The molecule has 2 saturated heterocycles. The highest BCUT2D eigenvalue weighted by Crippen LogP contribution is 2.22. The van der Waals surface area contributed by atoms with Crippen LogP contribution in [0.1, 0.15) is 12.8 Å². The number of fused-ring (bicyclic) bond motifs is 1. The molecule has 4 heterocycles. The molecule has 150 valence electrons. The first kappa shape index (κ1) is 18.1. The fourth-order valence-corrected chi connectivity index (χ4v) is 3.96. The van der Waals surface area contributed by atoms with Crippen LogP contribution in [0.2, 0.25) is 0 Å². The van der Waals surface area contributed by atoms with Crippen molar-refractivity contribution < 1.29 is 4.74 Å². The molecule has 8 heteroatoms. The Hall–Kier alpha value is -3.00. The highest BCUT2D eigenvalue weighted by molar-refractivity contribution is 5.75. The van der Waals surface area contributed by atoms with Gasteiger partial charge in [0.1, 0.15) is 11.6 Å². The van der Waals surface area contributed by atoms with Crippen LogP contribution in [-0.4, -0.2) is 65.4 Å². The summed E-state index contributed by atoms with van der Waals surface area (Å²) >= 11 is 0. The van der Waals surface area contributed by atoms with E-state index < -0.39 is 0 Å². The second kappa shape index (κ2) is 8.16. The molecule has 0 amide bonds. The van der Waals surface area contributed by atoms with Gasteiger partial charge >= 0.3 is 0 Å². The Morgan fingerprint density at radius 3 is 2.69 bits per heavy atom. The molecule has 2 fully saturated rings. The van der Waals surface area contributed by atoms with E-state index in [4.69, 9.17) is 14.7 Å². The number of aromatic nitrogens is 4. The van der Waals surface area contributed by atoms with E-state index in [9.17, 15) is 0 Å². The molecule has 2 aliphatic rings. The minimum Gasteiger partial charge on any atom is -0.378 e. The number of nitrogens with one attached hydrogen (secondary N) is 1. The van der Waals surface area contributed by atoms with Gasteiger partial charge in [-0.2, -0.15) is 4.98 Å². The Labute approximate surface area is 170 Å². The topological polar surface area (TPSA) is 79.3 Å². The van der Waals surface area contributed by atoms with E-state index in [2.05, 4.69) is 25.1 Å². The molecule has 0 radical (unpaired) electrons. The maximum atomic E-state index is 5.42. The van der Waals surface area contributed by atoms with Crippen molar-refractivity contribution in [2.75, 3.05) is 54.5 Å². The van der Waals surface area contributed by atoms with Crippen molar-refractivity contribution in [3.63, 3.8) is 0 Å². The summed E-state index contributed by atoms with van der Waals surface area (Å²) in [4.78, 5) is 23.0. The lowest BCUT2D eigenvalue weighted by Crippen LogP contribution is -2.43. The van der Waals surface area contributed by atoms with E-state index in [1.165, 1.54) is 0 Å². The van der Waals surface area contributed by atoms with Crippen LogP contribution in [-0.2, 0) is 4.74 Å². The van der Waals surface area contributed by atoms with Crippen LogP contribution >= 0.6 is 0 Å². The number of anilines is 3. The number of benzene rings is 1. The normalized spacial score (nSPS) is 20.1. The standard InChI is InChI=1S/C21H25N7O/c1-2-6-18-17(5-1)23-14-20(25-18)28-9-3-4-16(15-28)24-19-7-8-22-21(26-19)27-10-12-29-13-11-27/h1-2,5-8,14,16H,3-4,9-13,15H2,(H,22,24,26). The zero-order valence-electron chi connectivity index (χ0n) is 16.4. The molecule has 1 unspecified atom stereocenters. The number of para-hydroxylation sites is 2. The highest BCUT2D eigenvalue weighted by atomic mass is 16.5. The van der Waals surface area contributed by atoms with Crippen LogP contribution in [0.25, 0.3) is 11.0 Å². The molecular weight excluding hydrogens is 366 g/mol. The van der Waals surface area contributed by atoms with Crippen LogP contribution in [0.4, 0.5) is 17.6 Å². The van der Waals surface area contributed by atoms with Crippen molar-refractivity contribution in [1.29, 1.82) is 0 Å². The number of morpholine rings is 1. The molecule has 1 N–H and O–H groups in total. The lowest BCUT2D eigenvalue weighted by Gasteiger charge is -2.34. The molecule has 5 rings (SSSR count). The molecule has 1 aromatic carbocycles. The van der Waals surface area contributed by atoms with Gasteiger partial charge in [0, 0.05) is 38.4 Å². The van der Waals surface area contributed by atoms with E-state index in [-0.39, 0.29) is 0 Å². The van der Waals surface area contributed by atoms with Crippen molar-refractivity contribution >= 4 is 28.6 Å². The van der Waals surface area contributed by atoms with E-state index in [0.717, 1.165) is 80.9 Å². The summed E-state index contributed by atoms with van der Waals surface area (Å²) in [6.07, 6.45) is 5.92. The quantitative estimate of drug-likeness (QED) is 0.726. The molecule has 0 saturated carbocycles. The largest absolute Gasteiger partial charge is 0.378 e. The first-order chi connectivity index (χ1) is 14.3. The summed E-state index contributed by atoms with van der Waals surface area (Å²) in [5, 5.41) is 3.60. The summed E-state index contributed by atoms with van der Waals surface area (Å²) in [5.74, 6) is 2.58. The summed E-state index contributed by atoms with van der Waals surface area (Å²) < 4.78 is 5.42. The predicted octanol–water partition coefficient (Wildman–Crippen LogP) is 2.34. The van der Waals surface area contributed by atoms with Gasteiger partial charge in [0.25, 0.3) is 0 Å². The number of rotatable bonds is 4. The molecule has 0 bridgehead atoms. The fourth-order valence-electron chi connectivity index (χ4n) is 3.96. The monoisotopic (exact) mass is 391 g/mol. The molecule has 3 aromatic rings. The Kier molecular flexibility index (Phi) is 5.08. The van der Waals surface area contributed by atoms with Crippen LogP contribution in [0.15, 0.2) is 42.7 Å². The first-order valence-corrected chi connectivity index (χ1v) is 10.2. The average Bonchev–Trinajstić information content (AvgIpc) is 2.80. The minimum absolute atomic E-state index is 0.310. The summed E-state index contributed by atoms with van der Waals surface area (Å²) in [6.45, 7) is 5.00. The Morgan fingerprint density at radius 1 is 0.931 bits per heavy atom. The van der Waals surface area contributed by atoms with Gasteiger partial charge in [-0.1, -0.05) is 12.1 Å². The number of hydrogen-bond donors (Lipinski definition) is 1. The Bertz CT molecular complexity index is 976. The van der Waals surface area contributed by atoms with Crippen LogP contribution in [0.3, 0.4) is 0 Å². The van der Waals surface area contributed by atoms with Crippen LogP contribution in [0, 0.1) is 0 Å². The maximum absolute atomic E-state index is 5.42. The van der Waals surface area contributed by atoms with E-state index in [1.807, 2.05) is 42.7 Å². The second-order valence-corrected chi connectivity index (χ2v) is 7.49. The van der Waals surface area contributed by atoms with Crippen molar-refractivity contribution in [2.45, 2.75) is 18.9 Å². The van der Waals surface area contributed by atoms with Gasteiger partial charge in [0.05, 0.1) is 30.4 Å². The van der Waals surface area contributed by atoms with Crippen molar-refractivity contribution in [2.24, 2.45) is 0 Å². The second-order valence-electron chi connectivity index (χ2n) is 7.49. The smallest absolute Gasteiger partial charge is 0.227 e. The van der Waals surface area contributed by atoms with Crippen molar-refractivity contribution in [1.82, 2.24) is 19.9 Å². The number of piperidine rings is 1. The van der Waals surface area contributed by atoms with Crippen LogP contribution in [0.5, 0.6) is 0 Å². The lowest BCUT2D eigenvalue weighted by molar-refractivity contribution is 0.122. The van der Waals surface area contributed by atoms with Gasteiger partial charge in [-0.3, -0.25) is 4.98 Å². The highest BCUT2D eigenvalue weighted by Gasteiger charge is 2.22. The Balaban J connectivity index is 1.28. The van der Waals surface area contributed by atoms with Crippen molar-refractivity contribution in [3.05, 3.63) is 42.7 Å². The van der Waals surface area contributed by atoms with Gasteiger partial charge < -0.3 is 19.9 Å². The molecule has 2 aromatic heterocycles. The van der Waals surface area contributed by atoms with Gasteiger partial charge in [-0.05, 0) is 31.0 Å². The maximum Gasteiger partial charge on any atom is 0.227 e. The van der Waals surface area contributed by atoms with Crippen LogP contribution < -0.4 is 15.1 Å². The molecule has 8 nitrogen and oxygen atoms in total. The molecular formula is C21H25N7O. The number of ether oxygens (including phenoxy) is 1. The van der Waals surface area contributed by atoms with E-state index >= 15 is 0 Å². The summed E-state index contributed by atoms with van der Waals surface area (Å²) in [6, 6.07) is 10.3. The molecule has 2 aliphatic heterocycles. The summed E-state index contributed by atoms with van der Waals surface area (Å²) in [5.41, 5.74) is 1.87. The van der Waals surface area contributed by atoms with Gasteiger partial charge in [-0.15, -0.1) is 0 Å². The molecule has 0 spiro atoms. The molecule has 29 heavy (non-hydrogen) atoms.